The summed E-state index contributed by atoms with van der Waals surface area (Å²) in [7, 11) is 5.57. The lowest BCUT2D eigenvalue weighted by atomic mass is 9.98. The van der Waals surface area contributed by atoms with E-state index in [4.69, 9.17) is 8.83 Å². The molecular weight excluding hydrogens is 480 g/mol. The Labute approximate surface area is 212 Å². The van der Waals surface area contributed by atoms with Gasteiger partial charge in [-0.25, -0.2) is 0 Å². The van der Waals surface area contributed by atoms with Gasteiger partial charge in [-0.05, 0) is 87.7 Å². The number of hydrogen-bond donors (Lipinski definition) is 2. The van der Waals surface area contributed by atoms with E-state index in [-0.39, 0.29) is 34.0 Å². The Kier molecular flexibility index (Phi) is 13.9. The molecule has 0 radical (unpaired) electrons. The third kappa shape index (κ3) is 9.22. The Morgan fingerprint density at radius 3 is 1.50 bits per heavy atom. The second-order valence-electron chi connectivity index (χ2n) is 9.06. The predicted octanol–water partition coefficient (Wildman–Crippen LogP) is 8.44. The van der Waals surface area contributed by atoms with Gasteiger partial charge in [-0.2, -0.15) is 0 Å². The van der Waals surface area contributed by atoms with Gasteiger partial charge in [-0.15, -0.1) is 12.4 Å². The Hall–Kier alpha value is -0.180. The first-order chi connectivity index (χ1) is 14.8. The van der Waals surface area contributed by atoms with Gasteiger partial charge in [0, 0.05) is 11.1 Å². The van der Waals surface area contributed by atoms with Crippen LogP contribution in [0, 0.1) is 0 Å². The van der Waals surface area contributed by atoms with Crippen molar-refractivity contribution in [2.24, 2.45) is 0 Å². The SMILES string of the molecule is CCCCNC(C)(C)C(SSSC(c1ccco1)C(C)(C)NCCCC)c1ccco1.Cl. The van der Waals surface area contributed by atoms with E-state index >= 15 is 0 Å². The van der Waals surface area contributed by atoms with Gasteiger partial charge in [0.2, 0.25) is 0 Å². The molecule has 0 saturated carbocycles. The molecule has 2 aromatic rings. The maximum Gasteiger partial charge on any atom is 0.119 e. The summed E-state index contributed by atoms with van der Waals surface area (Å²) < 4.78 is 11.7. The number of halogens is 1. The molecule has 2 atom stereocenters. The van der Waals surface area contributed by atoms with E-state index in [0.29, 0.717) is 0 Å². The molecule has 4 nitrogen and oxygen atoms in total. The zero-order valence-electron chi connectivity index (χ0n) is 20.3. The third-order valence-electron chi connectivity index (χ3n) is 5.41. The molecule has 0 saturated heterocycles. The number of hydrogen-bond acceptors (Lipinski definition) is 7. The summed E-state index contributed by atoms with van der Waals surface area (Å²) in [5.74, 6) is 2.03. The molecule has 0 bridgehead atoms. The summed E-state index contributed by atoms with van der Waals surface area (Å²) in [6.45, 7) is 15.6. The summed E-state index contributed by atoms with van der Waals surface area (Å²) in [6.07, 6.45) is 8.29. The van der Waals surface area contributed by atoms with Crippen LogP contribution in [0.4, 0.5) is 0 Å². The maximum absolute atomic E-state index is 5.84. The number of furan rings is 2. The minimum atomic E-state index is -0.0830. The van der Waals surface area contributed by atoms with Crippen molar-refractivity contribution in [1.29, 1.82) is 0 Å². The van der Waals surface area contributed by atoms with E-state index in [9.17, 15) is 0 Å². The molecule has 0 aliphatic rings. The summed E-state index contributed by atoms with van der Waals surface area (Å²) in [6, 6.07) is 8.14. The first-order valence-corrected chi connectivity index (χ1v) is 15.0. The van der Waals surface area contributed by atoms with Crippen LogP contribution in [-0.4, -0.2) is 24.2 Å². The van der Waals surface area contributed by atoms with Crippen molar-refractivity contribution in [2.75, 3.05) is 13.1 Å². The molecule has 184 valence electrons. The van der Waals surface area contributed by atoms with Gasteiger partial charge in [-0.1, -0.05) is 48.3 Å². The highest BCUT2D eigenvalue weighted by molar-refractivity contribution is 9.09. The van der Waals surface area contributed by atoms with Crippen molar-refractivity contribution in [2.45, 2.75) is 88.8 Å². The smallest absolute Gasteiger partial charge is 0.119 e. The monoisotopic (exact) mass is 520 g/mol. The summed E-state index contributed by atoms with van der Waals surface area (Å²) in [4.78, 5) is 0. The molecule has 8 heteroatoms. The fourth-order valence-corrected chi connectivity index (χ4v) is 9.14. The van der Waals surface area contributed by atoms with Gasteiger partial charge in [0.15, 0.2) is 0 Å². The lowest BCUT2D eigenvalue weighted by Gasteiger charge is -2.35. The van der Waals surface area contributed by atoms with E-state index in [0.717, 1.165) is 24.6 Å². The Bertz CT molecular complexity index is 649. The second kappa shape index (κ2) is 14.9. The van der Waals surface area contributed by atoms with Crippen LogP contribution in [-0.2, 0) is 0 Å². The molecule has 0 aromatic carbocycles. The Morgan fingerprint density at radius 1 is 0.781 bits per heavy atom. The van der Waals surface area contributed by atoms with E-state index < -0.39 is 0 Å². The molecule has 0 aliphatic heterocycles. The second-order valence-corrected chi connectivity index (χ2v) is 13.3. The topological polar surface area (TPSA) is 50.3 Å². The van der Waals surface area contributed by atoms with E-state index in [1.165, 1.54) is 25.7 Å². The zero-order valence-corrected chi connectivity index (χ0v) is 23.6. The molecule has 2 heterocycles. The highest BCUT2D eigenvalue weighted by Crippen LogP contribution is 2.55. The fraction of sp³-hybridized carbons (Fsp3) is 0.667. The summed E-state index contributed by atoms with van der Waals surface area (Å²) in [5, 5.41) is 7.89. The van der Waals surface area contributed by atoms with Crippen LogP contribution < -0.4 is 10.6 Å². The average molecular weight is 521 g/mol. The molecule has 2 aromatic heterocycles. The van der Waals surface area contributed by atoms with Gasteiger partial charge in [0.05, 0.1) is 23.0 Å². The van der Waals surface area contributed by atoms with Crippen LogP contribution in [0.3, 0.4) is 0 Å². The fourth-order valence-electron chi connectivity index (χ4n) is 3.39. The zero-order chi connectivity index (χ0) is 22.7. The van der Waals surface area contributed by atoms with Crippen molar-refractivity contribution in [3.8, 4) is 0 Å². The number of unbranched alkanes of at least 4 members (excludes halogenated alkanes) is 2. The van der Waals surface area contributed by atoms with Gasteiger partial charge < -0.3 is 19.5 Å². The molecule has 2 rings (SSSR count). The third-order valence-corrected chi connectivity index (χ3v) is 10.6. The number of rotatable bonds is 16. The van der Waals surface area contributed by atoms with Crippen molar-refractivity contribution < 1.29 is 8.83 Å². The Balaban J connectivity index is 0.00000512. The van der Waals surface area contributed by atoms with Crippen molar-refractivity contribution in [3.05, 3.63) is 48.3 Å². The van der Waals surface area contributed by atoms with Crippen LogP contribution in [0.5, 0.6) is 0 Å². The number of nitrogens with one attached hydrogen (secondary N) is 2. The molecule has 32 heavy (non-hydrogen) atoms. The normalized spacial score (nSPS) is 14.2. The van der Waals surface area contributed by atoms with Gasteiger partial charge >= 0.3 is 0 Å². The van der Waals surface area contributed by atoms with Crippen LogP contribution in [0.1, 0.15) is 89.2 Å². The minimum Gasteiger partial charge on any atom is -0.468 e. The van der Waals surface area contributed by atoms with Crippen molar-refractivity contribution >= 4 is 43.8 Å². The highest BCUT2D eigenvalue weighted by atomic mass is 35.5. The van der Waals surface area contributed by atoms with Gasteiger partial charge in [-0.3, -0.25) is 0 Å². The quantitative estimate of drug-likeness (QED) is 0.170. The van der Waals surface area contributed by atoms with E-state index in [2.05, 4.69) is 64.3 Å². The average Bonchev–Trinajstić information content (AvgIpc) is 3.42. The van der Waals surface area contributed by atoms with Crippen LogP contribution >= 0.6 is 43.8 Å². The Morgan fingerprint density at radius 2 is 1.19 bits per heavy atom. The molecule has 0 aliphatic carbocycles. The molecular formula is C24H41ClN2O2S3. The van der Waals surface area contributed by atoms with E-state index in [1.807, 2.05) is 43.5 Å². The van der Waals surface area contributed by atoms with Gasteiger partial charge in [0.25, 0.3) is 0 Å². The first-order valence-electron chi connectivity index (χ1n) is 11.4. The molecule has 0 amide bonds. The maximum atomic E-state index is 5.84. The molecule has 0 spiro atoms. The standard InChI is InChI=1S/C24H40N2O2S3.ClH/c1-7-9-15-25-23(3,4)21(19-13-11-17-27-19)29-31-30-22(20-14-12-18-28-20)24(5,6)26-16-10-8-2;/h11-14,17-18,21-22,25-26H,7-10,15-16H2,1-6H3;1H. The van der Waals surface area contributed by atoms with Crippen molar-refractivity contribution in [1.82, 2.24) is 10.6 Å². The predicted molar refractivity (Wildman–Crippen MR) is 147 cm³/mol. The van der Waals surface area contributed by atoms with Crippen LogP contribution in [0.2, 0.25) is 0 Å². The van der Waals surface area contributed by atoms with Gasteiger partial charge in [0.1, 0.15) is 11.5 Å². The van der Waals surface area contributed by atoms with Crippen molar-refractivity contribution in [3.63, 3.8) is 0 Å². The first kappa shape index (κ1) is 29.9. The van der Waals surface area contributed by atoms with E-state index in [1.54, 1.807) is 12.5 Å². The lowest BCUT2D eigenvalue weighted by molar-refractivity contribution is 0.345. The summed E-state index contributed by atoms with van der Waals surface area (Å²) in [5.41, 5.74) is -0.166. The lowest BCUT2D eigenvalue weighted by Crippen LogP contribution is -2.44. The van der Waals surface area contributed by atoms with Crippen LogP contribution in [0.25, 0.3) is 0 Å². The molecule has 2 N–H and O–H groups in total. The largest absolute Gasteiger partial charge is 0.468 e. The summed E-state index contributed by atoms with van der Waals surface area (Å²) >= 11 is 0. The highest BCUT2D eigenvalue weighted by Gasteiger charge is 2.36. The molecule has 0 fully saturated rings. The van der Waals surface area contributed by atoms with Crippen LogP contribution in [0.15, 0.2) is 45.6 Å². The minimum absolute atomic E-state index is 0. The molecule has 2 unspecified atom stereocenters.